The maximum absolute atomic E-state index is 13.5. The molecule has 8 aromatic rings. The summed E-state index contributed by atoms with van der Waals surface area (Å²) in [6.45, 7) is 51.0. The van der Waals surface area contributed by atoms with Crippen LogP contribution in [0, 0.1) is 42.6 Å². The number of alkyl halides is 2. The highest BCUT2D eigenvalue weighted by Crippen LogP contribution is 2.37. The van der Waals surface area contributed by atoms with Crippen LogP contribution in [-0.2, 0) is 131 Å². The minimum absolute atomic E-state index is 0.000000000000000222. The van der Waals surface area contributed by atoms with Gasteiger partial charge in [0.05, 0.1) is 78.2 Å². The summed E-state index contributed by atoms with van der Waals surface area (Å²) in [6.07, 6.45) is 6.56. The average molecular weight is 2060 g/mol. The van der Waals surface area contributed by atoms with E-state index in [1.54, 1.807) is 224 Å². The molecule has 38 heteroatoms. The quantitative estimate of drug-likeness (QED) is 0.0580. The van der Waals surface area contributed by atoms with Gasteiger partial charge in [-0.2, -0.15) is 0 Å². The van der Waals surface area contributed by atoms with Crippen molar-refractivity contribution in [3.63, 3.8) is 0 Å². The minimum atomic E-state index is -3.58. The van der Waals surface area contributed by atoms with Crippen LogP contribution in [0.4, 0.5) is 27.6 Å². The predicted molar refractivity (Wildman–Crippen MR) is 524 cm³/mol. The molecule has 0 bridgehead atoms. The lowest BCUT2D eigenvalue weighted by Crippen LogP contribution is -2.47. The molecule has 740 valence electrons. The fourth-order valence-corrected chi connectivity index (χ4v) is 20.7. The fourth-order valence-electron chi connectivity index (χ4n) is 10.8. The summed E-state index contributed by atoms with van der Waals surface area (Å²) in [7, 11) is -24.0. The summed E-state index contributed by atoms with van der Waals surface area (Å²) in [4.78, 5) is 21.9. The van der Waals surface area contributed by atoms with Gasteiger partial charge in [0.2, 0.25) is 5.91 Å². The van der Waals surface area contributed by atoms with Crippen LogP contribution < -0.4 is 10.6 Å². The Bertz CT molecular complexity index is 6110. The molecular weight excluding hydrogens is 1920 g/mol. The number of aromatic amines is 1. The highest BCUT2D eigenvalue weighted by atomic mass is 79.9. The molecule has 9 rings (SSSR count). The fraction of sp³-hybridized carbons (Fsp3) is 0.559. The number of pyridine rings is 1. The molecule has 0 spiro atoms. The number of carbonyl (C=O) groups excluding carboxylic acids is 1. The lowest BCUT2D eigenvalue weighted by Gasteiger charge is -2.40. The van der Waals surface area contributed by atoms with Crippen molar-refractivity contribution in [1.82, 2.24) is 24.8 Å². The molecule has 0 aliphatic carbocycles. The van der Waals surface area contributed by atoms with E-state index in [9.17, 15) is 94.1 Å². The largest absolute Gasteiger partial charge is 0.508 e. The van der Waals surface area contributed by atoms with Crippen molar-refractivity contribution >= 4 is 117 Å². The number of fused-ring (bicyclic) bond motifs is 1. The van der Waals surface area contributed by atoms with Crippen molar-refractivity contribution in [1.29, 1.82) is 0 Å². The van der Waals surface area contributed by atoms with Crippen molar-refractivity contribution in [2.24, 2.45) is 18.4 Å². The molecule has 131 heavy (non-hydrogen) atoms. The first-order valence-corrected chi connectivity index (χ1v) is 55.9. The zero-order valence-corrected chi connectivity index (χ0v) is 89.5. The molecule has 1 fully saturated rings. The number of hydrogen-bond donors (Lipinski definition) is 4. The average Bonchev–Trinajstić information content (AvgIpc) is 1.67. The number of H-pyrrole nitrogens is 1. The topological polar surface area (TPSA) is 381 Å². The molecule has 4 heterocycles. The van der Waals surface area contributed by atoms with Gasteiger partial charge in [0.25, 0.3) is 6.43 Å². The summed E-state index contributed by atoms with van der Waals surface area (Å²) >= 11 is 3.45. The van der Waals surface area contributed by atoms with Crippen molar-refractivity contribution < 1.29 is 99.2 Å². The number of sulfone groups is 8. The van der Waals surface area contributed by atoms with Gasteiger partial charge in [0.1, 0.15) is 34.8 Å². The molecular formula is C93H140BrF5N6O18S8. The summed E-state index contributed by atoms with van der Waals surface area (Å²) in [5.41, 5.74) is 5.43. The second kappa shape index (κ2) is 46.2. The van der Waals surface area contributed by atoms with Gasteiger partial charge in [-0.1, -0.05) is 56.3 Å². The van der Waals surface area contributed by atoms with Crippen LogP contribution >= 0.6 is 15.9 Å². The predicted octanol–water partition coefficient (Wildman–Crippen LogP) is 19.6. The molecule has 24 nitrogen and oxygen atoms in total. The second-order valence-electron chi connectivity index (χ2n) is 40.7. The first-order chi connectivity index (χ1) is 58.7. The normalized spacial score (nSPS) is 14.5. The summed E-state index contributed by atoms with van der Waals surface area (Å²) < 4.78 is 253. The molecule has 5 aromatic carbocycles. The monoisotopic (exact) mass is 2060 g/mol. The van der Waals surface area contributed by atoms with Crippen LogP contribution in [-0.4, -0.2) is 155 Å². The standard InChI is InChI=1S/C13H16BrNO2S.C13H19NO3S.C12H15F3O2S.C12H16F2O2S.C12H25NO2S.C11H17NO2S.C11H16O3S.C9H16N2O2S/c1-13(2,3)18(16,17)8-9-5-4-6-11-12(9)10(14)7-15-11;1-10(15)14-12-7-5-11(6-8-12)9-18(16,17)13(2,3)4;1-12(2,3)18(16,17)7-8-4-5-9(13)6-10(8)11(14)15;1-8-5-9(13)6-11(14)10(8)7-17(15,16)12(2,3)4;1-11(2,3)16(14,15)8-10-6-7-13-9-12(10,4)5;1-9-7-12-6-5-10(9)8-15(13,14)11(2,3)4;1-11(2,3)15(13,14)8-9-4-6-10(12)7-5-9;1-9(2,3)14(12,13)7-8-10-5-6-11(8)4/h4-7,15H,8H2,1-3H3;5-8H,9H2,1-4H3,(H,14,15);4-6,11H,7H2,1-3H3;5-6H,7H2,1-4H3;10,13H,6-9H2,1-5H3;5-7H,8H2,1-4H3;4-7,12H,8H2,1-3H3;5-6H,7H2,1-4H3. The Labute approximate surface area is 787 Å². The molecule has 1 amide bonds. The van der Waals surface area contributed by atoms with Crippen molar-refractivity contribution in [2.75, 3.05) is 24.2 Å². The number of rotatable bonds is 18. The number of aryl methyl sites for hydroxylation is 3. The van der Waals surface area contributed by atoms with Gasteiger partial charge >= 0.3 is 0 Å². The Kier molecular flexibility index (Phi) is 42.3. The number of aromatic nitrogens is 4. The lowest BCUT2D eigenvalue weighted by molar-refractivity contribution is -0.114. The number of hydrogen-bond acceptors (Lipinski definition) is 21. The number of benzene rings is 5. The Morgan fingerprint density at radius 3 is 1.34 bits per heavy atom. The highest BCUT2D eigenvalue weighted by Gasteiger charge is 2.41. The van der Waals surface area contributed by atoms with Crippen LogP contribution in [0.2, 0.25) is 0 Å². The van der Waals surface area contributed by atoms with Crippen LogP contribution in [0.5, 0.6) is 5.75 Å². The summed E-state index contributed by atoms with van der Waals surface area (Å²) in [5, 5.41) is 16.0. The molecule has 0 radical (unpaired) electrons. The Balaban J connectivity index is 0.000000507. The van der Waals surface area contributed by atoms with Crippen LogP contribution in [0.25, 0.3) is 10.9 Å². The smallest absolute Gasteiger partial charge is 0.264 e. The minimum Gasteiger partial charge on any atom is -0.508 e. The number of carbonyl (C=O) groups is 1. The first kappa shape index (κ1) is 120. The zero-order chi connectivity index (χ0) is 102. The molecule has 1 aliphatic rings. The summed E-state index contributed by atoms with van der Waals surface area (Å²) in [6, 6.07) is 25.1. The molecule has 4 N–H and O–H groups in total. The van der Waals surface area contributed by atoms with Crippen LogP contribution in [0.1, 0.15) is 256 Å². The molecule has 1 unspecified atom stereocenters. The van der Waals surface area contributed by atoms with E-state index in [2.05, 4.69) is 55.4 Å². The lowest BCUT2D eigenvalue weighted by atomic mass is 9.76. The van der Waals surface area contributed by atoms with Crippen molar-refractivity contribution in [3.05, 3.63) is 212 Å². The molecule has 0 saturated carbocycles. The van der Waals surface area contributed by atoms with E-state index < -0.39 is 158 Å². The SMILES string of the molecule is CC(=O)Nc1ccc(CS(=O)(=O)C(C)(C)C)cc1.CC(C)(C)S(=O)(=O)Cc1ccc(F)cc1C(F)F.CC(C)(C)S(=O)(=O)Cc1ccc(O)cc1.CC(C)(C)S(=O)(=O)Cc1cccc2[nH]cc(Br)c12.CC1(C)CNCCC1CS(=O)(=O)C(C)(C)C.Cc1cc(F)cc(F)c1CS(=O)(=O)C(C)(C)C.Cc1cnccc1CS(=O)(=O)C(C)(C)C.Cn1ccnc1CS(=O)(=O)C(C)(C)C. The molecule has 1 saturated heterocycles. The van der Waals surface area contributed by atoms with Gasteiger partial charge in [-0.3, -0.25) is 9.78 Å². The number of phenolic OH excluding ortho intramolecular Hbond substituents is 1. The van der Waals surface area contributed by atoms with Crippen molar-refractivity contribution in [2.45, 2.75) is 292 Å². The highest BCUT2D eigenvalue weighted by molar-refractivity contribution is 9.10. The van der Waals surface area contributed by atoms with E-state index in [4.69, 9.17) is 5.11 Å². The van der Waals surface area contributed by atoms with E-state index >= 15 is 0 Å². The number of phenols is 1. The summed E-state index contributed by atoms with van der Waals surface area (Å²) in [5.74, 6) is -1.89. The van der Waals surface area contributed by atoms with Gasteiger partial charge in [0, 0.05) is 89.8 Å². The number of piperidine rings is 1. The van der Waals surface area contributed by atoms with E-state index in [-0.39, 0.29) is 62.9 Å². The number of aromatic hydroxyl groups is 1. The Hall–Kier alpha value is -7.04. The number of halogens is 6. The van der Waals surface area contributed by atoms with E-state index in [1.165, 1.54) is 46.8 Å². The molecule has 1 atom stereocenters. The first-order valence-electron chi connectivity index (χ1n) is 41.9. The third kappa shape index (κ3) is 37.2. The third-order valence-corrected chi connectivity index (χ3v) is 42.6. The van der Waals surface area contributed by atoms with Gasteiger partial charge in [0.15, 0.2) is 78.7 Å². The second-order valence-corrected chi connectivity index (χ2v) is 63.6. The van der Waals surface area contributed by atoms with Crippen LogP contribution in [0.3, 0.4) is 0 Å². The van der Waals surface area contributed by atoms with E-state index in [0.717, 1.165) is 75.3 Å². The van der Waals surface area contributed by atoms with Crippen LogP contribution in [0.15, 0.2) is 139 Å². The zero-order valence-electron chi connectivity index (χ0n) is 81.4. The van der Waals surface area contributed by atoms with E-state index in [0.29, 0.717) is 40.5 Å². The number of imidazole rings is 1. The maximum atomic E-state index is 13.5. The number of anilines is 1. The number of nitrogens with one attached hydrogen (secondary N) is 3. The van der Waals surface area contributed by atoms with Crippen molar-refractivity contribution in [3.8, 4) is 5.75 Å². The number of amides is 1. The Morgan fingerprint density at radius 2 is 0.931 bits per heavy atom. The molecule has 1 aliphatic heterocycles. The maximum Gasteiger partial charge on any atom is 0.264 e. The number of nitrogens with zero attached hydrogens (tertiary/aromatic N) is 3. The van der Waals surface area contributed by atoms with Gasteiger partial charge in [-0.05, 0) is 314 Å². The van der Waals surface area contributed by atoms with Gasteiger partial charge < -0.3 is 25.3 Å². The van der Waals surface area contributed by atoms with Gasteiger partial charge in [-0.25, -0.2) is 94.3 Å². The van der Waals surface area contributed by atoms with Gasteiger partial charge in [-0.15, -0.1) is 0 Å². The molecule has 3 aromatic heterocycles. The van der Waals surface area contributed by atoms with E-state index in [1.807, 2.05) is 31.3 Å². The third-order valence-electron chi connectivity index (χ3n) is 21.4. The Morgan fingerprint density at radius 1 is 0.511 bits per heavy atom.